The van der Waals surface area contributed by atoms with E-state index >= 15 is 0 Å². The molecule has 0 radical (unpaired) electrons. The van der Waals surface area contributed by atoms with Crippen LogP contribution in [-0.4, -0.2) is 37.3 Å². The Balaban J connectivity index is 2.18. The SMILES string of the molecule is CCNc1ccc(S(=O)(=O)N2CCCCCC2)cn1. The minimum absolute atomic E-state index is 0.288. The van der Waals surface area contributed by atoms with E-state index in [1.54, 1.807) is 16.4 Å². The van der Waals surface area contributed by atoms with E-state index in [1.165, 1.54) is 6.20 Å². The van der Waals surface area contributed by atoms with Gasteiger partial charge in [-0.05, 0) is 31.9 Å². The van der Waals surface area contributed by atoms with Crippen molar-refractivity contribution >= 4 is 15.8 Å². The summed E-state index contributed by atoms with van der Waals surface area (Å²) in [6, 6.07) is 3.35. The number of hydrogen-bond donors (Lipinski definition) is 1. The fourth-order valence-corrected chi connectivity index (χ4v) is 3.71. The van der Waals surface area contributed by atoms with Gasteiger partial charge in [0.15, 0.2) is 0 Å². The molecule has 0 unspecified atom stereocenters. The van der Waals surface area contributed by atoms with E-state index in [-0.39, 0.29) is 4.90 Å². The Labute approximate surface area is 115 Å². The molecule has 106 valence electrons. The molecule has 0 spiro atoms. The molecule has 1 aromatic rings. The molecule has 19 heavy (non-hydrogen) atoms. The van der Waals surface area contributed by atoms with E-state index in [1.807, 2.05) is 6.92 Å². The fourth-order valence-electron chi connectivity index (χ4n) is 2.25. The molecule has 0 amide bonds. The van der Waals surface area contributed by atoms with E-state index in [0.29, 0.717) is 18.9 Å². The molecule has 0 bridgehead atoms. The van der Waals surface area contributed by atoms with Gasteiger partial charge >= 0.3 is 0 Å². The lowest BCUT2D eigenvalue weighted by Crippen LogP contribution is -2.32. The summed E-state index contributed by atoms with van der Waals surface area (Å²) in [6.07, 6.45) is 5.57. The average Bonchev–Trinajstić information content (AvgIpc) is 2.69. The van der Waals surface area contributed by atoms with Gasteiger partial charge in [-0.1, -0.05) is 12.8 Å². The quantitative estimate of drug-likeness (QED) is 0.919. The first-order valence-electron chi connectivity index (χ1n) is 6.84. The Morgan fingerprint density at radius 1 is 1.21 bits per heavy atom. The highest BCUT2D eigenvalue weighted by Crippen LogP contribution is 2.20. The summed E-state index contributed by atoms with van der Waals surface area (Å²) in [5.41, 5.74) is 0. The van der Waals surface area contributed by atoms with Crippen molar-refractivity contribution < 1.29 is 8.42 Å². The van der Waals surface area contributed by atoms with Crippen LogP contribution in [0.1, 0.15) is 32.6 Å². The summed E-state index contributed by atoms with van der Waals surface area (Å²) in [7, 11) is -3.37. The molecule has 1 fully saturated rings. The van der Waals surface area contributed by atoms with Crippen LogP contribution >= 0.6 is 0 Å². The lowest BCUT2D eigenvalue weighted by Gasteiger charge is -2.19. The van der Waals surface area contributed by atoms with Crippen molar-refractivity contribution in [3.8, 4) is 0 Å². The molecule has 5 nitrogen and oxygen atoms in total. The maximum Gasteiger partial charge on any atom is 0.244 e. The molecule has 1 saturated heterocycles. The molecule has 1 aliphatic rings. The molecule has 0 atom stereocenters. The predicted molar refractivity (Wildman–Crippen MR) is 75.6 cm³/mol. The molecule has 6 heteroatoms. The molecule has 0 saturated carbocycles. The summed E-state index contributed by atoms with van der Waals surface area (Å²) in [6.45, 7) is 3.99. The molecule has 0 aromatic carbocycles. The van der Waals surface area contributed by atoms with E-state index < -0.39 is 10.0 Å². The number of sulfonamides is 1. The minimum Gasteiger partial charge on any atom is -0.370 e. The highest BCUT2D eigenvalue weighted by Gasteiger charge is 2.25. The van der Waals surface area contributed by atoms with Gasteiger partial charge in [-0.15, -0.1) is 0 Å². The van der Waals surface area contributed by atoms with E-state index in [0.717, 1.165) is 32.2 Å². The number of rotatable bonds is 4. The summed E-state index contributed by atoms with van der Waals surface area (Å²) < 4.78 is 26.5. The largest absolute Gasteiger partial charge is 0.370 e. The molecule has 2 rings (SSSR count). The Morgan fingerprint density at radius 3 is 2.42 bits per heavy atom. The summed E-state index contributed by atoms with van der Waals surface area (Å²) >= 11 is 0. The van der Waals surface area contributed by atoms with Crippen molar-refractivity contribution in [3.05, 3.63) is 18.3 Å². The number of anilines is 1. The third kappa shape index (κ3) is 3.45. The molecule has 1 aliphatic heterocycles. The number of nitrogens with zero attached hydrogens (tertiary/aromatic N) is 2. The monoisotopic (exact) mass is 283 g/mol. The normalized spacial score (nSPS) is 17.9. The van der Waals surface area contributed by atoms with Crippen LogP contribution in [0.25, 0.3) is 0 Å². The maximum absolute atomic E-state index is 12.5. The maximum atomic E-state index is 12.5. The highest BCUT2D eigenvalue weighted by atomic mass is 32.2. The molecular weight excluding hydrogens is 262 g/mol. The van der Waals surface area contributed by atoms with Gasteiger partial charge in [-0.25, -0.2) is 13.4 Å². The van der Waals surface area contributed by atoms with Crippen LogP contribution in [-0.2, 0) is 10.0 Å². The van der Waals surface area contributed by atoms with Crippen LogP contribution in [0.15, 0.2) is 23.2 Å². The Kier molecular flexibility index (Phi) is 4.76. The number of aromatic nitrogens is 1. The van der Waals surface area contributed by atoms with Crippen molar-refractivity contribution in [2.45, 2.75) is 37.5 Å². The van der Waals surface area contributed by atoms with Gasteiger partial charge in [0.2, 0.25) is 10.0 Å². The van der Waals surface area contributed by atoms with E-state index in [9.17, 15) is 8.42 Å². The van der Waals surface area contributed by atoms with Crippen LogP contribution in [0, 0.1) is 0 Å². The average molecular weight is 283 g/mol. The smallest absolute Gasteiger partial charge is 0.244 e. The zero-order chi connectivity index (χ0) is 13.7. The van der Waals surface area contributed by atoms with Crippen molar-refractivity contribution in [2.75, 3.05) is 25.0 Å². The lowest BCUT2D eigenvalue weighted by molar-refractivity contribution is 0.423. The molecule has 0 aliphatic carbocycles. The summed E-state index contributed by atoms with van der Waals surface area (Å²) in [5, 5.41) is 3.06. The molecule has 1 aromatic heterocycles. The van der Waals surface area contributed by atoms with Gasteiger partial charge in [-0.3, -0.25) is 0 Å². The van der Waals surface area contributed by atoms with Gasteiger partial charge < -0.3 is 5.32 Å². The van der Waals surface area contributed by atoms with Crippen molar-refractivity contribution in [2.24, 2.45) is 0 Å². The standard InChI is InChI=1S/C13H21N3O2S/c1-2-14-13-8-7-12(11-15-13)19(17,18)16-9-5-3-4-6-10-16/h7-8,11H,2-6,9-10H2,1H3,(H,14,15). The third-order valence-corrected chi connectivity index (χ3v) is 5.18. The zero-order valence-electron chi connectivity index (χ0n) is 11.3. The second-order valence-electron chi connectivity index (χ2n) is 4.73. The minimum atomic E-state index is -3.37. The Hall–Kier alpha value is -1.14. The number of nitrogens with one attached hydrogen (secondary N) is 1. The molecule has 1 N–H and O–H groups in total. The van der Waals surface area contributed by atoms with Gasteiger partial charge in [0.25, 0.3) is 0 Å². The van der Waals surface area contributed by atoms with E-state index in [4.69, 9.17) is 0 Å². The van der Waals surface area contributed by atoms with Crippen molar-refractivity contribution in [1.29, 1.82) is 0 Å². The molecule has 2 heterocycles. The number of hydrogen-bond acceptors (Lipinski definition) is 4. The van der Waals surface area contributed by atoms with Crippen LogP contribution in [0.2, 0.25) is 0 Å². The lowest BCUT2D eigenvalue weighted by atomic mass is 10.2. The van der Waals surface area contributed by atoms with Gasteiger partial charge in [0.1, 0.15) is 10.7 Å². The van der Waals surface area contributed by atoms with Crippen LogP contribution in [0.4, 0.5) is 5.82 Å². The van der Waals surface area contributed by atoms with Gasteiger partial charge in [0.05, 0.1) is 0 Å². The Bertz CT molecular complexity index is 491. The summed E-state index contributed by atoms with van der Waals surface area (Å²) in [5.74, 6) is 0.706. The molecular formula is C13H21N3O2S. The zero-order valence-corrected chi connectivity index (χ0v) is 12.1. The summed E-state index contributed by atoms with van der Waals surface area (Å²) in [4.78, 5) is 4.42. The number of pyridine rings is 1. The first kappa shape index (κ1) is 14.3. The van der Waals surface area contributed by atoms with Gasteiger partial charge in [0, 0.05) is 25.8 Å². The Morgan fingerprint density at radius 2 is 1.89 bits per heavy atom. The first-order chi connectivity index (χ1) is 9.14. The second kappa shape index (κ2) is 6.34. The van der Waals surface area contributed by atoms with Crippen LogP contribution < -0.4 is 5.32 Å². The van der Waals surface area contributed by atoms with Crippen LogP contribution in [0.5, 0.6) is 0 Å². The fraction of sp³-hybridized carbons (Fsp3) is 0.615. The van der Waals surface area contributed by atoms with Crippen LogP contribution in [0.3, 0.4) is 0 Å². The topological polar surface area (TPSA) is 62.3 Å². The van der Waals surface area contributed by atoms with Gasteiger partial charge in [-0.2, -0.15) is 4.31 Å². The van der Waals surface area contributed by atoms with E-state index in [2.05, 4.69) is 10.3 Å². The van der Waals surface area contributed by atoms with Crippen molar-refractivity contribution in [3.63, 3.8) is 0 Å². The van der Waals surface area contributed by atoms with Crippen molar-refractivity contribution in [1.82, 2.24) is 9.29 Å². The second-order valence-corrected chi connectivity index (χ2v) is 6.67. The first-order valence-corrected chi connectivity index (χ1v) is 8.28. The highest BCUT2D eigenvalue weighted by molar-refractivity contribution is 7.89. The predicted octanol–water partition coefficient (Wildman–Crippen LogP) is 2.08. The third-order valence-electron chi connectivity index (χ3n) is 3.30.